The third kappa shape index (κ3) is 5.60. The van der Waals surface area contributed by atoms with E-state index in [9.17, 15) is 9.59 Å². The maximum absolute atomic E-state index is 13.7. The van der Waals surface area contributed by atoms with Crippen LogP contribution >= 0.6 is 0 Å². The summed E-state index contributed by atoms with van der Waals surface area (Å²) in [5.74, 6) is -0.477. The van der Waals surface area contributed by atoms with Crippen molar-refractivity contribution in [3.63, 3.8) is 0 Å². The molecule has 2 amide bonds. The van der Waals surface area contributed by atoms with Gasteiger partial charge in [-0.05, 0) is 37.5 Å². The second kappa shape index (κ2) is 11.2. The Hall–Kier alpha value is -3.30. The number of amides is 2. The van der Waals surface area contributed by atoms with Gasteiger partial charge < -0.3 is 19.7 Å². The highest BCUT2D eigenvalue weighted by Gasteiger charge is 2.34. The zero-order chi connectivity index (χ0) is 23.9. The molecule has 0 radical (unpaired) electrons. The van der Waals surface area contributed by atoms with Crippen LogP contribution in [-0.4, -0.2) is 71.2 Å². The van der Waals surface area contributed by atoms with Crippen molar-refractivity contribution in [2.75, 3.05) is 33.4 Å². The van der Waals surface area contributed by atoms with Crippen LogP contribution in [0.4, 0.5) is 0 Å². The van der Waals surface area contributed by atoms with E-state index in [2.05, 4.69) is 15.6 Å². The standard InChI is InChI=1S/C25H31N5O4/c1-18-9-11-19(12-10-18)24(25(32)26-13-15-33-2)29(16-20-6-5-14-34-20)23(31)17-30-22-8-4-3-7-21(22)27-28-30/h3-4,7-12,20,24H,5-6,13-17H2,1-2H3,(H,26,32)/t20-,24+/m0/s1. The quantitative estimate of drug-likeness (QED) is 0.461. The monoisotopic (exact) mass is 465 g/mol. The van der Waals surface area contributed by atoms with Crippen molar-refractivity contribution in [3.05, 3.63) is 59.7 Å². The van der Waals surface area contributed by atoms with Crippen molar-refractivity contribution in [3.8, 4) is 0 Å². The summed E-state index contributed by atoms with van der Waals surface area (Å²) in [7, 11) is 1.58. The van der Waals surface area contributed by atoms with Gasteiger partial charge in [-0.2, -0.15) is 0 Å². The number of rotatable bonds is 10. The summed E-state index contributed by atoms with van der Waals surface area (Å²) in [4.78, 5) is 28.8. The van der Waals surface area contributed by atoms with Gasteiger partial charge in [-0.15, -0.1) is 5.10 Å². The highest BCUT2D eigenvalue weighted by atomic mass is 16.5. The lowest BCUT2D eigenvalue weighted by Gasteiger charge is -2.33. The molecule has 0 bridgehead atoms. The highest BCUT2D eigenvalue weighted by Crippen LogP contribution is 2.26. The predicted molar refractivity (Wildman–Crippen MR) is 127 cm³/mol. The van der Waals surface area contributed by atoms with Crippen LogP contribution in [0.25, 0.3) is 11.0 Å². The normalized spacial score (nSPS) is 16.5. The molecule has 1 aliphatic rings. The summed E-state index contributed by atoms with van der Waals surface area (Å²) in [6.45, 7) is 3.69. The van der Waals surface area contributed by atoms with E-state index in [-0.39, 0.29) is 24.5 Å². The lowest BCUT2D eigenvalue weighted by Crippen LogP contribution is -2.48. The molecule has 9 nitrogen and oxygen atoms in total. The Morgan fingerprint density at radius 1 is 1.24 bits per heavy atom. The summed E-state index contributed by atoms with van der Waals surface area (Å²) < 4.78 is 12.5. The Balaban J connectivity index is 1.66. The third-order valence-electron chi connectivity index (χ3n) is 6.01. The van der Waals surface area contributed by atoms with Gasteiger partial charge in [-0.25, -0.2) is 4.68 Å². The van der Waals surface area contributed by atoms with Crippen LogP contribution in [0.1, 0.15) is 30.0 Å². The number of aromatic nitrogens is 3. The fourth-order valence-electron chi connectivity index (χ4n) is 4.21. The van der Waals surface area contributed by atoms with E-state index in [1.165, 1.54) is 0 Å². The fraction of sp³-hybridized carbons (Fsp3) is 0.440. The number of benzene rings is 2. The van der Waals surface area contributed by atoms with Crippen molar-refractivity contribution < 1.29 is 19.1 Å². The first-order chi connectivity index (χ1) is 16.6. The SMILES string of the molecule is COCCNC(=O)[C@@H](c1ccc(C)cc1)N(C[C@@H]1CCCO1)C(=O)Cn1nnc2ccccc21. The molecular weight excluding hydrogens is 434 g/mol. The predicted octanol–water partition coefficient (Wildman–Crippen LogP) is 2.25. The third-order valence-corrected chi connectivity index (χ3v) is 6.01. The molecule has 3 aromatic rings. The number of fused-ring (bicyclic) bond motifs is 1. The van der Waals surface area contributed by atoms with E-state index in [0.717, 1.165) is 29.5 Å². The smallest absolute Gasteiger partial charge is 0.247 e. The zero-order valence-corrected chi connectivity index (χ0v) is 19.6. The first kappa shape index (κ1) is 23.8. The van der Waals surface area contributed by atoms with Gasteiger partial charge in [0.2, 0.25) is 11.8 Å². The van der Waals surface area contributed by atoms with E-state index >= 15 is 0 Å². The van der Waals surface area contributed by atoms with Crippen LogP contribution in [0.3, 0.4) is 0 Å². The average molecular weight is 466 g/mol. The van der Waals surface area contributed by atoms with Crippen molar-refractivity contribution in [2.24, 2.45) is 0 Å². The van der Waals surface area contributed by atoms with Crippen LogP contribution in [0, 0.1) is 6.92 Å². The van der Waals surface area contributed by atoms with Gasteiger partial charge in [0, 0.05) is 26.8 Å². The van der Waals surface area contributed by atoms with Gasteiger partial charge in [-0.3, -0.25) is 9.59 Å². The number of carbonyl (C=O) groups is 2. The lowest BCUT2D eigenvalue weighted by molar-refractivity contribution is -0.143. The minimum atomic E-state index is -0.802. The molecule has 0 spiro atoms. The van der Waals surface area contributed by atoms with Crippen LogP contribution in [0.15, 0.2) is 48.5 Å². The molecular formula is C25H31N5O4. The molecule has 1 aliphatic heterocycles. The molecule has 4 rings (SSSR count). The zero-order valence-electron chi connectivity index (χ0n) is 19.6. The minimum Gasteiger partial charge on any atom is -0.383 e. The molecule has 2 aromatic carbocycles. The van der Waals surface area contributed by atoms with Gasteiger partial charge in [-0.1, -0.05) is 47.2 Å². The van der Waals surface area contributed by atoms with Crippen molar-refractivity contribution in [2.45, 2.75) is 38.5 Å². The number of carbonyl (C=O) groups excluding carboxylic acids is 2. The number of hydrogen-bond donors (Lipinski definition) is 1. The molecule has 1 saturated heterocycles. The Morgan fingerprint density at radius 3 is 2.76 bits per heavy atom. The molecule has 1 aromatic heterocycles. The number of ether oxygens (including phenoxy) is 2. The maximum atomic E-state index is 13.7. The van der Waals surface area contributed by atoms with Crippen LogP contribution in [0.2, 0.25) is 0 Å². The van der Waals surface area contributed by atoms with Crippen LogP contribution in [-0.2, 0) is 25.6 Å². The Kier molecular flexibility index (Phi) is 7.87. The Morgan fingerprint density at radius 2 is 2.03 bits per heavy atom. The average Bonchev–Trinajstić information content (AvgIpc) is 3.50. The number of nitrogens with zero attached hydrogens (tertiary/aromatic N) is 4. The minimum absolute atomic E-state index is 0.0268. The largest absolute Gasteiger partial charge is 0.383 e. The van der Waals surface area contributed by atoms with Crippen LogP contribution < -0.4 is 5.32 Å². The van der Waals surface area contributed by atoms with Crippen LogP contribution in [0.5, 0.6) is 0 Å². The summed E-state index contributed by atoms with van der Waals surface area (Å²) in [6.07, 6.45) is 1.67. The second-order valence-electron chi connectivity index (χ2n) is 8.51. The summed E-state index contributed by atoms with van der Waals surface area (Å²) in [6, 6.07) is 14.4. The molecule has 1 N–H and O–H groups in total. The van der Waals surface area contributed by atoms with Gasteiger partial charge in [0.05, 0.1) is 18.2 Å². The molecule has 2 atom stereocenters. The first-order valence-corrected chi connectivity index (χ1v) is 11.6. The topological polar surface area (TPSA) is 98.6 Å². The van der Waals surface area contributed by atoms with E-state index in [0.29, 0.717) is 31.8 Å². The number of aryl methyl sites for hydroxylation is 1. The van der Waals surface area contributed by atoms with Crippen molar-refractivity contribution in [1.29, 1.82) is 0 Å². The van der Waals surface area contributed by atoms with Gasteiger partial charge in [0.25, 0.3) is 0 Å². The fourth-order valence-corrected chi connectivity index (χ4v) is 4.21. The lowest BCUT2D eigenvalue weighted by atomic mass is 10.0. The van der Waals surface area contributed by atoms with Gasteiger partial charge in [0.15, 0.2) is 0 Å². The number of hydrogen-bond acceptors (Lipinski definition) is 6. The molecule has 2 heterocycles. The maximum Gasteiger partial charge on any atom is 0.247 e. The Bertz CT molecular complexity index is 1110. The summed E-state index contributed by atoms with van der Waals surface area (Å²) in [5, 5.41) is 11.2. The molecule has 34 heavy (non-hydrogen) atoms. The first-order valence-electron chi connectivity index (χ1n) is 11.6. The number of methoxy groups -OCH3 is 1. The number of para-hydroxylation sites is 1. The molecule has 180 valence electrons. The summed E-state index contributed by atoms with van der Waals surface area (Å²) >= 11 is 0. The highest BCUT2D eigenvalue weighted by molar-refractivity contribution is 5.89. The molecule has 1 fully saturated rings. The Labute approximate surface area is 199 Å². The van der Waals surface area contributed by atoms with Crippen molar-refractivity contribution >= 4 is 22.8 Å². The summed E-state index contributed by atoms with van der Waals surface area (Å²) in [5.41, 5.74) is 3.31. The van der Waals surface area contributed by atoms with E-state index < -0.39 is 6.04 Å². The van der Waals surface area contributed by atoms with E-state index in [1.54, 1.807) is 16.7 Å². The molecule has 9 heteroatoms. The second-order valence-corrected chi connectivity index (χ2v) is 8.51. The molecule has 0 unspecified atom stereocenters. The van der Waals surface area contributed by atoms with E-state index in [4.69, 9.17) is 9.47 Å². The molecule has 0 aliphatic carbocycles. The van der Waals surface area contributed by atoms with Crippen molar-refractivity contribution in [1.82, 2.24) is 25.2 Å². The van der Waals surface area contributed by atoms with E-state index in [1.807, 2.05) is 55.5 Å². The van der Waals surface area contributed by atoms with Gasteiger partial charge in [0.1, 0.15) is 18.1 Å². The van der Waals surface area contributed by atoms with Gasteiger partial charge >= 0.3 is 0 Å². The molecule has 0 saturated carbocycles. The number of nitrogens with one attached hydrogen (secondary N) is 1.